The fourth-order valence-electron chi connectivity index (χ4n) is 3.58. The van der Waals surface area contributed by atoms with Gasteiger partial charge in [0.1, 0.15) is 0 Å². The van der Waals surface area contributed by atoms with Crippen molar-refractivity contribution in [3.8, 4) is 0 Å². The Balaban J connectivity index is 1.88. The van der Waals surface area contributed by atoms with Crippen LogP contribution < -0.4 is 5.32 Å². The molecule has 4 heteroatoms. The van der Waals surface area contributed by atoms with Crippen LogP contribution in [0.3, 0.4) is 0 Å². The van der Waals surface area contributed by atoms with Gasteiger partial charge < -0.3 is 15.2 Å². The zero-order valence-corrected chi connectivity index (χ0v) is 12.0. The van der Waals surface area contributed by atoms with Crippen molar-refractivity contribution in [3.63, 3.8) is 0 Å². The Morgan fingerprint density at radius 2 is 1.74 bits per heavy atom. The molecule has 0 radical (unpaired) electrons. The van der Waals surface area contributed by atoms with Gasteiger partial charge in [-0.2, -0.15) is 0 Å². The number of carbonyl (C=O) groups excluding carboxylic acids is 1. The van der Waals surface area contributed by atoms with Gasteiger partial charge in [0.15, 0.2) is 0 Å². The first-order valence-corrected chi connectivity index (χ1v) is 7.60. The third-order valence-electron chi connectivity index (χ3n) is 4.94. The SMILES string of the molecule is COCCC1(C(=O)NCC2(O)CCCC2)CCCC1. The highest BCUT2D eigenvalue weighted by Gasteiger charge is 2.41. The van der Waals surface area contributed by atoms with Crippen LogP contribution in [0.4, 0.5) is 0 Å². The zero-order valence-electron chi connectivity index (χ0n) is 12.0. The number of nitrogens with one attached hydrogen (secondary N) is 1. The number of methoxy groups -OCH3 is 1. The average Bonchev–Trinajstić information content (AvgIpc) is 3.04. The molecule has 0 aromatic heterocycles. The topological polar surface area (TPSA) is 58.6 Å². The third-order valence-corrected chi connectivity index (χ3v) is 4.94. The second kappa shape index (κ2) is 6.23. The van der Waals surface area contributed by atoms with Crippen molar-refractivity contribution in [3.05, 3.63) is 0 Å². The molecule has 0 saturated heterocycles. The van der Waals surface area contributed by atoms with Gasteiger partial charge in [-0.25, -0.2) is 0 Å². The molecular formula is C15H27NO3. The van der Waals surface area contributed by atoms with Gasteiger partial charge in [0.25, 0.3) is 0 Å². The van der Waals surface area contributed by atoms with E-state index >= 15 is 0 Å². The van der Waals surface area contributed by atoms with E-state index in [0.717, 1.165) is 57.8 Å². The normalized spacial score (nSPS) is 24.5. The Morgan fingerprint density at radius 3 is 2.32 bits per heavy atom. The lowest BCUT2D eigenvalue weighted by atomic mass is 9.81. The summed E-state index contributed by atoms with van der Waals surface area (Å²) in [5, 5.41) is 13.3. The van der Waals surface area contributed by atoms with Crippen LogP contribution in [0.1, 0.15) is 57.8 Å². The van der Waals surface area contributed by atoms with E-state index < -0.39 is 5.60 Å². The number of aliphatic hydroxyl groups is 1. The Hall–Kier alpha value is -0.610. The Morgan fingerprint density at radius 1 is 1.16 bits per heavy atom. The third kappa shape index (κ3) is 3.48. The molecule has 110 valence electrons. The number of amides is 1. The van der Waals surface area contributed by atoms with Crippen molar-refractivity contribution in [2.24, 2.45) is 5.41 Å². The van der Waals surface area contributed by atoms with Crippen molar-refractivity contribution >= 4 is 5.91 Å². The van der Waals surface area contributed by atoms with Crippen LogP contribution in [-0.2, 0) is 9.53 Å². The molecule has 2 aliphatic rings. The molecule has 2 fully saturated rings. The largest absolute Gasteiger partial charge is 0.388 e. The van der Waals surface area contributed by atoms with E-state index in [0.29, 0.717) is 13.2 Å². The van der Waals surface area contributed by atoms with Gasteiger partial charge in [0, 0.05) is 20.3 Å². The lowest BCUT2D eigenvalue weighted by Gasteiger charge is -2.30. The fourth-order valence-corrected chi connectivity index (χ4v) is 3.58. The molecule has 0 spiro atoms. The quantitative estimate of drug-likeness (QED) is 0.775. The molecule has 2 aliphatic carbocycles. The summed E-state index contributed by atoms with van der Waals surface area (Å²) in [4.78, 5) is 12.5. The molecule has 1 amide bonds. The van der Waals surface area contributed by atoms with Crippen LogP contribution in [0, 0.1) is 5.41 Å². The maximum Gasteiger partial charge on any atom is 0.226 e. The molecular weight excluding hydrogens is 242 g/mol. The van der Waals surface area contributed by atoms with E-state index in [-0.39, 0.29) is 11.3 Å². The van der Waals surface area contributed by atoms with Crippen LogP contribution in [-0.4, -0.2) is 36.9 Å². The minimum absolute atomic E-state index is 0.127. The second-order valence-corrected chi connectivity index (χ2v) is 6.34. The molecule has 2 rings (SSSR count). The Labute approximate surface area is 115 Å². The molecule has 0 aliphatic heterocycles. The highest BCUT2D eigenvalue weighted by atomic mass is 16.5. The molecule has 4 nitrogen and oxygen atoms in total. The summed E-state index contributed by atoms with van der Waals surface area (Å²) in [6, 6.07) is 0. The van der Waals surface area contributed by atoms with E-state index in [2.05, 4.69) is 5.32 Å². The Bertz CT molecular complexity index is 305. The first-order chi connectivity index (χ1) is 9.10. The number of ether oxygens (including phenoxy) is 1. The Kier molecular flexibility index (Phi) is 4.85. The van der Waals surface area contributed by atoms with E-state index in [9.17, 15) is 9.90 Å². The van der Waals surface area contributed by atoms with Crippen LogP contribution in [0.5, 0.6) is 0 Å². The fraction of sp³-hybridized carbons (Fsp3) is 0.933. The highest BCUT2D eigenvalue weighted by Crippen LogP contribution is 2.41. The molecule has 0 heterocycles. The van der Waals surface area contributed by atoms with E-state index in [1.807, 2.05) is 0 Å². The predicted octanol–water partition coefficient (Wildman–Crippen LogP) is 2.00. The standard InChI is InChI=1S/C15H27NO3/c1-19-11-10-14(6-2-3-7-14)13(17)16-12-15(18)8-4-5-9-15/h18H,2-12H2,1H3,(H,16,17). The van der Waals surface area contributed by atoms with Gasteiger partial charge in [-0.05, 0) is 32.1 Å². The number of hydrogen-bond acceptors (Lipinski definition) is 3. The van der Waals surface area contributed by atoms with Crippen LogP contribution in [0.15, 0.2) is 0 Å². The first kappa shape index (κ1) is 14.8. The summed E-state index contributed by atoms with van der Waals surface area (Å²) < 4.78 is 5.15. The minimum atomic E-state index is -0.656. The number of rotatable bonds is 6. The summed E-state index contributed by atoms with van der Waals surface area (Å²) >= 11 is 0. The summed E-state index contributed by atoms with van der Waals surface area (Å²) in [7, 11) is 1.68. The number of hydrogen-bond donors (Lipinski definition) is 2. The maximum atomic E-state index is 12.5. The average molecular weight is 269 g/mol. The van der Waals surface area contributed by atoms with Crippen molar-refractivity contribution in [2.75, 3.05) is 20.3 Å². The van der Waals surface area contributed by atoms with E-state index in [1.54, 1.807) is 7.11 Å². The lowest BCUT2D eigenvalue weighted by Crippen LogP contribution is -2.47. The summed E-state index contributed by atoms with van der Waals surface area (Å²) in [5.74, 6) is 0.127. The van der Waals surface area contributed by atoms with E-state index in [1.165, 1.54) is 0 Å². The second-order valence-electron chi connectivity index (χ2n) is 6.34. The van der Waals surface area contributed by atoms with Gasteiger partial charge in [-0.1, -0.05) is 25.7 Å². The summed E-state index contributed by atoms with van der Waals surface area (Å²) in [5.41, 5.74) is -0.901. The van der Waals surface area contributed by atoms with Gasteiger partial charge in [-0.3, -0.25) is 4.79 Å². The summed E-state index contributed by atoms with van der Waals surface area (Å²) in [6.45, 7) is 1.05. The molecule has 19 heavy (non-hydrogen) atoms. The van der Waals surface area contributed by atoms with Gasteiger partial charge >= 0.3 is 0 Å². The van der Waals surface area contributed by atoms with Crippen LogP contribution >= 0.6 is 0 Å². The lowest BCUT2D eigenvalue weighted by molar-refractivity contribution is -0.133. The van der Waals surface area contributed by atoms with Crippen molar-refractivity contribution in [2.45, 2.75) is 63.4 Å². The van der Waals surface area contributed by atoms with Crippen molar-refractivity contribution in [1.29, 1.82) is 0 Å². The molecule has 0 bridgehead atoms. The van der Waals surface area contributed by atoms with Crippen LogP contribution in [0.2, 0.25) is 0 Å². The van der Waals surface area contributed by atoms with Gasteiger partial charge in [0.05, 0.1) is 11.0 Å². The molecule has 0 aromatic carbocycles. The zero-order chi connectivity index (χ0) is 13.8. The predicted molar refractivity (Wildman–Crippen MR) is 73.8 cm³/mol. The highest BCUT2D eigenvalue weighted by molar-refractivity contribution is 5.83. The monoisotopic (exact) mass is 269 g/mol. The minimum Gasteiger partial charge on any atom is -0.388 e. The van der Waals surface area contributed by atoms with Crippen LogP contribution in [0.25, 0.3) is 0 Å². The van der Waals surface area contributed by atoms with Crippen molar-refractivity contribution in [1.82, 2.24) is 5.32 Å². The van der Waals surface area contributed by atoms with E-state index in [4.69, 9.17) is 4.74 Å². The number of carbonyl (C=O) groups is 1. The smallest absolute Gasteiger partial charge is 0.226 e. The molecule has 0 aromatic rings. The molecule has 2 N–H and O–H groups in total. The maximum absolute atomic E-state index is 12.5. The first-order valence-electron chi connectivity index (χ1n) is 7.60. The molecule has 0 unspecified atom stereocenters. The molecule has 2 saturated carbocycles. The van der Waals surface area contributed by atoms with Crippen molar-refractivity contribution < 1.29 is 14.6 Å². The molecule has 0 atom stereocenters. The van der Waals surface area contributed by atoms with Gasteiger partial charge in [0.2, 0.25) is 5.91 Å². The summed E-state index contributed by atoms with van der Waals surface area (Å²) in [6.07, 6.45) is 8.75. The van der Waals surface area contributed by atoms with Gasteiger partial charge in [-0.15, -0.1) is 0 Å².